The average molecular weight is 416 g/mol. The van der Waals surface area contributed by atoms with Crippen LogP contribution in [0.3, 0.4) is 0 Å². The summed E-state index contributed by atoms with van der Waals surface area (Å²) in [5.41, 5.74) is 2.51. The lowest BCUT2D eigenvalue weighted by molar-refractivity contribution is -0.128. The molecule has 1 saturated heterocycles. The predicted octanol–water partition coefficient (Wildman–Crippen LogP) is 1.87. The molecule has 1 aliphatic heterocycles. The van der Waals surface area contributed by atoms with Gasteiger partial charge in [0.2, 0.25) is 15.9 Å². The van der Waals surface area contributed by atoms with Gasteiger partial charge in [-0.05, 0) is 37.1 Å². The van der Waals surface area contributed by atoms with Gasteiger partial charge in [-0.25, -0.2) is 12.7 Å². The fourth-order valence-electron chi connectivity index (χ4n) is 3.43. The molecule has 0 aromatic heterocycles. The van der Waals surface area contributed by atoms with E-state index in [-0.39, 0.29) is 22.3 Å². The third-order valence-corrected chi connectivity index (χ3v) is 6.98. The smallest absolute Gasteiger partial charge is 0.254 e. The molecule has 1 fully saturated rings. The lowest BCUT2D eigenvalue weighted by Gasteiger charge is -2.35. The number of rotatable bonds is 4. The van der Waals surface area contributed by atoms with Crippen molar-refractivity contribution >= 4 is 21.8 Å². The number of hydrogen-bond donors (Lipinski definition) is 1. The zero-order chi connectivity index (χ0) is 21.3. The van der Waals surface area contributed by atoms with Crippen LogP contribution in [-0.4, -0.2) is 56.6 Å². The summed E-state index contributed by atoms with van der Waals surface area (Å²) in [4.78, 5) is 27.5. The van der Waals surface area contributed by atoms with Gasteiger partial charge in [0.15, 0.2) is 0 Å². The van der Waals surface area contributed by atoms with Gasteiger partial charge < -0.3 is 10.2 Å². The van der Waals surface area contributed by atoms with Crippen LogP contribution < -0.4 is 5.32 Å². The largest absolute Gasteiger partial charge is 0.352 e. The molecule has 0 spiro atoms. The normalized spacial score (nSPS) is 17.3. The fourth-order valence-corrected chi connectivity index (χ4v) is 4.57. The monoisotopic (exact) mass is 415 g/mol. The van der Waals surface area contributed by atoms with Crippen molar-refractivity contribution in [3.05, 3.63) is 64.7 Å². The zero-order valence-corrected chi connectivity index (χ0v) is 17.8. The Labute approximate surface area is 171 Å². The number of nitrogens with one attached hydrogen (secondary N) is 1. The molecule has 1 unspecified atom stereocenters. The standard InChI is InChI=1S/C21H25N3O4S/c1-14-6-5-7-16(12-14)19-20(25)22-10-11-24(19)21(26)17-9-8-15(2)18(13-17)29(27,28)23(3)4/h5-9,12-13,19H,10-11H2,1-4H3,(H,22,25). The van der Waals surface area contributed by atoms with Gasteiger partial charge in [-0.3, -0.25) is 9.59 Å². The van der Waals surface area contributed by atoms with Gasteiger partial charge >= 0.3 is 0 Å². The average Bonchev–Trinajstić information content (AvgIpc) is 2.67. The van der Waals surface area contributed by atoms with E-state index in [9.17, 15) is 18.0 Å². The van der Waals surface area contributed by atoms with Gasteiger partial charge in [-0.2, -0.15) is 0 Å². The highest BCUT2D eigenvalue weighted by atomic mass is 32.2. The first-order valence-corrected chi connectivity index (χ1v) is 10.8. The Morgan fingerprint density at radius 1 is 1.14 bits per heavy atom. The molecule has 3 rings (SSSR count). The number of carbonyl (C=O) groups excluding carboxylic acids is 2. The van der Waals surface area contributed by atoms with Crippen LogP contribution in [0, 0.1) is 13.8 Å². The van der Waals surface area contributed by atoms with Gasteiger partial charge in [-0.1, -0.05) is 35.9 Å². The van der Waals surface area contributed by atoms with Gasteiger partial charge in [-0.15, -0.1) is 0 Å². The predicted molar refractivity (Wildman–Crippen MR) is 110 cm³/mol. The molecule has 2 amide bonds. The molecule has 1 N–H and O–H groups in total. The summed E-state index contributed by atoms with van der Waals surface area (Å²) in [7, 11) is -0.792. The van der Waals surface area contributed by atoms with Crippen molar-refractivity contribution in [2.45, 2.75) is 24.8 Å². The summed E-state index contributed by atoms with van der Waals surface area (Å²) in [5.74, 6) is -0.620. The first-order valence-electron chi connectivity index (χ1n) is 9.31. The molecule has 1 heterocycles. The van der Waals surface area contributed by atoms with E-state index in [1.54, 1.807) is 19.1 Å². The van der Waals surface area contributed by atoms with E-state index in [1.807, 2.05) is 31.2 Å². The molecule has 0 aliphatic carbocycles. The quantitative estimate of drug-likeness (QED) is 0.826. The number of amides is 2. The van der Waals surface area contributed by atoms with Gasteiger partial charge in [0.1, 0.15) is 6.04 Å². The number of sulfonamides is 1. The van der Waals surface area contributed by atoms with Gasteiger partial charge in [0.25, 0.3) is 5.91 Å². The van der Waals surface area contributed by atoms with Crippen LogP contribution in [0.5, 0.6) is 0 Å². The van der Waals surface area contributed by atoms with Crippen molar-refractivity contribution in [1.82, 2.24) is 14.5 Å². The summed E-state index contributed by atoms with van der Waals surface area (Å²) in [5, 5.41) is 2.81. The second-order valence-corrected chi connectivity index (χ2v) is 9.49. The molecule has 0 radical (unpaired) electrons. The summed E-state index contributed by atoms with van der Waals surface area (Å²) >= 11 is 0. The minimum absolute atomic E-state index is 0.0851. The Morgan fingerprint density at radius 3 is 2.52 bits per heavy atom. The summed E-state index contributed by atoms with van der Waals surface area (Å²) in [6.45, 7) is 4.30. The third-order valence-electron chi connectivity index (χ3n) is 5.02. The van der Waals surface area contributed by atoms with Crippen molar-refractivity contribution in [2.24, 2.45) is 0 Å². The van der Waals surface area contributed by atoms with Gasteiger partial charge in [0, 0.05) is 32.7 Å². The van der Waals surface area contributed by atoms with Crippen LogP contribution in [0.1, 0.15) is 33.1 Å². The summed E-state index contributed by atoms with van der Waals surface area (Å²) in [6.07, 6.45) is 0. The van der Waals surface area contributed by atoms with Crippen LogP contribution in [0.25, 0.3) is 0 Å². The maximum absolute atomic E-state index is 13.3. The molecule has 0 bridgehead atoms. The highest BCUT2D eigenvalue weighted by Crippen LogP contribution is 2.27. The molecule has 8 heteroatoms. The molecule has 2 aromatic carbocycles. The number of aryl methyl sites for hydroxylation is 2. The van der Waals surface area contributed by atoms with Crippen molar-refractivity contribution in [3.8, 4) is 0 Å². The lowest BCUT2D eigenvalue weighted by atomic mass is 9.99. The minimum atomic E-state index is -3.69. The molecule has 29 heavy (non-hydrogen) atoms. The van der Waals surface area contributed by atoms with E-state index in [0.29, 0.717) is 18.7 Å². The number of hydrogen-bond acceptors (Lipinski definition) is 4. The highest BCUT2D eigenvalue weighted by Gasteiger charge is 2.35. The van der Waals surface area contributed by atoms with Crippen LogP contribution in [-0.2, 0) is 14.8 Å². The molecule has 7 nitrogen and oxygen atoms in total. The summed E-state index contributed by atoms with van der Waals surface area (Å²) in [6, 6.07) is 11.3. The third kappa shape index (κ3) is 4.04. The molecular weight excluding hydrogens is 390 g/mol. The second kappa shape index (κ2) is 7.96. The SMILES string of the molecule is Cc1cccc(C2C(=O)NCCN2C(=O)c2ccc(C)c(S(=O)(=O)N(C)C)c2)c1. The Bertz CT molecular complexity index is 1060. The second-order valence-electron chi connectivity index (χ2n) is 7.37. The van der Waals surface area contributed by atoms with Crippen LogP contribution in [0.4, 0.5) is 0 Å². The number of piperazine rings is 1. The maximum atomic E-state index is 13.3. The minimum Gasteiger partial charge on any atom is -0.352 e. The summed E-state index contributed by atoms with van der Waals surface area (Å²) < 4.78 is 26.4. The zero-order valence-electron chi connectivity index (χ0n) is 17.0. The van der Waals surface area contributed by atoms with Crippen molar-refractivity contribution in [3.63, 3.8) is 0 Å². The molecular formula is C21H25N3O4S. The van der Waals surface area contributed by atoms with E-state index in [1.165, 1.54) is 25.1 Å². The van der Waals surface area contributed by atoms with E-state index < -0.39 is 16.1 Å². The van der Waals surface area contributed by atoms with Crippen LogP contribution in [0.2, 0.25) is 0 Å². The molecule has 1 aliphatic rings. The highest BCUT2D eigenvalue weighted by molar-refractivity contribution is 7.89. The molecule has 2 aromatic rings. The Morgan fingerprint density at radius 2 is 1.86 bits per heavy atom. The van der Waals surface area contributed by atoms with E-state index in [2.05, 4.69) is 5.32 Å². The van der Waals surface area contributed by atoms with E-state index >= 15 is 0 Å². The van der Waals surface area contributed by atoms with E-state index in [0.717, 1.165) is 15.4 Å². The number of nitrogens with zero attached hydrogens (tertiary/aromatic N) is 2. The fraction of sp³-hybridized carbons (Fsp3) is 0.333. The molecule has 0 saturated carbocycles. The Kier molecular flexibility index (Phi) is 5.77. The lowest BCUT2D eigenvalue weighted by Crippen LogP contribution is -2.52. The van der Waals surface area contributed by atoms with Crippen molar-refractivity contribution < 1.29 is 18.0 Å². The molecule has 1 atom stereocenters. The first kappa shape index (κ1) is 21.0. The Balaban J connectivity index is 2.03. The Hall–Kier alpha value is -2.71. The topological polar surface area (TPSA) is 86.8 Å². The van der Waals surface area contributed by atoms with Gasteiger partial charge in [0.05, 0.1) is 4.90 Å². The van der Waals surface area contributed by atoms with Crippen LogP contribution in [0.15, 0.2) is 47.4 Å². The first-order chi connectivity index (χ1) is 13.6. The maximum Gasteiger partial charge on any atom is 0.254 e. The number of benzene rings is 2. The van der Waals surface area contributed by atoms with Crippen molar-refractivity contribution in [1.29, 1.82) is 0 Å². The number of carbonyl (C=O) groups is 2. The molecule has 154 valence electrons. The van der Waals surface area contributed by atoms with Crippen molar-refractivity contribution in [2.75, 3.05) is 27.2 Å². The van der Waals surface area contributed by atoms with E-state index in [4.69, 9.17) is 0 Å². The van der Waals surface area contributed by atoms with Crippen LogP contribution >= 0.6 is 0 Å².